The minimum atomic E-state index is 0.472. The van der Waals surface area contributed by atoms with Gasteiger partial charge in [-0.1, -0.05) is 12.1 Å². The Morgan fingerprint density at radius 2 is 2.15 bits per heavy atom. The van der Waals surface area contributed by atoms with Crippen molar-refractivity contribution in [3.8, 4) is 5.75 Å². The van der Waals surface area contributed by atoms with Gasteiger partial charge in [0.15, 0.2) is 0 Å². The van der Waals surface area contributed by atoms with Crippen LogP contribution in [0.1, 0.15) is 39.9 Å². The number of nitrogens with zero attached hydrogens (tertiary/aromatic N) is 1. The molecule has 3 rings (SSSR count). The van der Waals surface area contributed by atoms with Crippen LogP contribution in [0.15, 0.2) is 24.3 Å². The van der Waals surface area contributed by atoms with Crippen LogP contribution in [0.25, 0.3) is 0 Å². The number of aromatic nitrogens is 1. The molecular weight excluding hydrogens is 268 g/mol. The number of hydrogen-bond donors (Lipinski definition) is 1. The number of rotatable bonds is 4. The van der Waals surface area contributed by atoms with Gasteiger partial charge in [-0.05, 0) is 37.0 Å². The molecule has 0 saturated heterocycles. The van der Waals surface area contributed by atoms with Crippen LogP contribution in [-0.2, 0) is 12.8 Å². The molecule has 1 heterocycles. The molecule has 0 bridgehead atoms. The van der Waals surface area contributed by atoms with E-state index in [0.29, 0.717) is 5.92 Å². The second-order valence-corrected chi connectivity index (χ2v) is 6.43. The van der Waals surface area contributed by atoms with Crippen molar-refractivity contribution in [1.82, 2.24) is 4.98 Å². The van der Waals surface area contributed by atoms with Gasteiger partial charge in [-0.2, -0.15) is 0 Å². The van der Waals surface area contributed by atoms with Crippen LogP contribution >= 0.6 is 11.3 Å². The minimum Gasteiger partial charge on any atom is -0.497 e. The Balaban J connectivity index is 1.79. The van der Waals surface area contributed by atoms with Crippen LogP contribution in [0.2, 0.25) is 0 Å². The number of fused-ring (bicyclic) bond motifs is 1. The third-order valence-electron chi connectivity index (χ3n) is 3.91. The van der Waals surface area contributed by atoms with E-state index in [2.05, 4.69) is 12.1 Å². The molecule has 0 saturated carbocycles. The van der Waals surface area contributed by atoms with Gasteiger partial charge in [-0.25, -0.2) is 4.98 Å². The molecule has 0 aliphatic heterocycles. The van der Waals surface area contributed by atoms with Gasteiger partial charge >= 0.3 is 0 Å². The Morgan fingerprint density at radius 1 is 1.35 bits per heavy atom. The van der Waals surface area contributed by atoms with E-state index in [9.17, 15) is 0 Å². The van der Waals surface area contributed by atoms with Gasteiger partial charge in [0.2, 0.25) is 0 Å². The van der Waals surface area contributed by atoms with Gasteiger partial charge in [-0.15, -0.1) is 11.3 Å². The van der Waals surface area contributed by atoms with Crippen molar-refractivity contribution in [3.63, 3.8) is 0 Å². The molecule has 4 heteroatoms. The topological polar surface area (TPSA) is 48.1 Å². The Labute approximate surface area is 123 Å². The molecule has 20 heavy (non-hydrogen) atoms. The lowest BCUT2D eigenvalue weighted by molar-refractivity contribution is 0.414. The number of aryl methyl sites for hydroxylation is 1. The first-order valence-corrected chi connectivity index (χ1v) is 7.93. The predicted molar refractivity (Wildman–Crippen MR) is 82.6 cm³/mol. The van der Waals surface area contributed by atoms with Crippen molar-refractivity contribution in [1.29, 1.82) is 0 Å². The summed E-state index contributed by atoms with van der Waals surface area (Å²) in [5.74, 6) is 1.37. The highest BCUT2D eigenvalue weighted by atomic mass is 32.1. The van der Waals surface area contributed by atoms with Crippen LogP contribution in [-0.4, -0.2) is 18.6 Å². The molecule has 0 fully saturated rings. The molecule has 0 amide bonds. The van der Waals surface area contributed by atoms with E-state index in [1.807, 2.05) is 23.5 Å². The Morgan fingerprint density at radius 3 is 2.85 bits per heavy atom. The molecule has 3 nitrogen and oxygen atoms in total. The zero-order chi connectivity index (χ0) is 13.9. The summed E-state index contributed by atoms with van der Waals surface area (Å²) in [6, 6.07) is 8.23. The SMILES string of the molecule is COc1ccc(Cc2nc3c(s2)CCCC3CN)cc1. The van der Waals surface area contributed by atoms with Gasteiger partial charge < -0.3 is 10.5 Å². The number of nitrogens with two attached hydrogens (primary N) is 1. The van der Waals surface area contributed by atoms with E-state index in [1.165, 1.54) is 40.4 Å². The van der Waals surface area contributed by atoms with Crippen LogP contribution in [0.4, 0.5) is 0 Å². The highest BCUT2D eigenvalue weighted by Crippen LogP contribution is 2.34. The fourth-order valence-corrected chi connectivity index (χ4v) is 4.01. The normalized spacial score (nSPS) is 17.8. The van der Waals surface area contributed by atoms with Crippen LogP contribution in [0.3, 0.4) is 0 Å². The summed E-state index contributed by atoms with van der Waals surface area (Å²) in [6.45, 7) is 0.721. The summed E-state index contributed by atoms with van der Waals surface area (Å²) >= 11 is 1.86. The third kappa shape index (κ3) is 2.72. The first-order chi connectivity index (χ1) is 9.80. The summed E-state index contributed by atoms with van der Waals surface area (Å²) in [5.41, 5.74) is 8.41. The molecule has 0 radical (unpaired) electrons. The number of hydrogen-bond acceptors (Lipinski definition) is 4. The predicted octanol–water partition coefficient (Wildman–Crippen LogP) is 3.12. The van der Waals surface area contributed by atoms with Crippen molar-refractivity contribution in [2.75, 3.05) is 13.7 Å². The largest absolute Gasteiger partial charge is 0.497 e. The Hall–Kier alpha value is -1.39. The quantitative estimate of drug-likeness (QED) is 0.940. The van der Waals surface area contributed by atoms with Gasteiger partial charge in [-0.3, -0.25) is 0 Å². The lowest BCUT2D eigenvalue weighted by Gasteiger charge is -2.18. The first-order valence-electron chi connectivity index (χ1n) is 7.11. The van der Waals surface area contributed by atoms with E-state index in [4.69, 9.17) is 15.5 Å². The van der Waals surface area contributed by atoms with Gasteiger partial charge in [0.1, 0.15) is 5.75 Å². The van der Waals surface area contributed by atoms with Crippen molar-refractivity contribution in [3.05, 3.63) is 45.4 Å². The van der Waals surface area contributed by atoms with Crippen molar-refractivity contribution >= 4 is 11.3 Å². The molecule has 2 aromatic rings. The smallest absolute Gasteiger partial charge is 0.118 e. The fraction of sp³-hybridized carbons (Fsp3) is 0.438. The summed E-state index contributed by atoms with van der Waals surface area (Å²) in [4.78, 5) is 6.30. The van der Waals surface area contributed by atoms with Crippen LogP contribution < -0.4 is 10.5 Å². The molecular formula is C16H20N2OS. The monoisotopic (exact) mass is 288 g/mol. The molecule has 106 valence electrons. The van der Waals surface area contributed by atoms with Crippen molar-refractivity contribution in [2.24, 2.45) is 5.73 Å². The second kappa shape index (κ2) is 5.94. The average molecular weight is 288 g/mol. The fourth-order valence-electron chi connectivity index (χ4n) is 2.78. The lowest BCUT2D eigenvalue weighted by Crippen LogP contribution is -2.17. The zero-order valence-corrected chi connectivity index (χ0v) is 12.6. The number of benzene rings is 1. The molecule has 1 aromatic heterocycles. The van der Waals surface area contributed by atoms with Gasteiger partial charge in [0, 0.05) is 23.8 Å². The van der Waals surface area contributed by atoms with E-state index < -0.39 is 0 Å². The van der Waals surface area contributed by atoms with E-state index in [-0.39, 0.29) is 0 Å². The van der Waals surface area contributed by atoms with Crippen molar-refractivity contribution < 1.29 is 4.74 Å². The summed E-state index contributed by atoms with van der Waals surface area (Å²) in [6.07, 6.45) is 4.51. The summed E-state index contributed by atoms with van der Waals surface area (Å²) < 4.78 is 5.19. The average Bonchev–Trinajstić information content (AvgIpc) is 2.90. The van der Waals surface area contributed by atoms with Gasteiger partial charge in [0.05, 0.1) is 17.8 Å². The number of methoxy groups -OCH3 is 1. The van der Waals surface area contributed by atoms with Crippen LogP contribution in [0.5, 0.6) is 5.75 Å². The highest BCUT2D eigenvalue weighted by Gasteiger charge is 2.23. The summed E-state index contributed by atoms with van der Waals surface area (Å²) in [7, 11) is 1.69. The standard InChI is InChI=1S/C16H20N2OS/c1-19-13-7-5-11(6-8-13)9-15-18-16-12(10-17)3-2-4-14(16)20-15/h5-8,12H,2-4,9-10,17H2,1H3. The lowest BCUT2D eigenvalue weighted by atomic mass is 9.91. The molecule has 1 atom stereocenters. The summed E-state index contributed by atoms with van der Waals surface area (Å²) in [5, 5.41) is 1.21. The van der Waals surface area contributed by atoms with E-state index in [1.54, 1.807) is 7.11 Å². The first kappa shape index (κ1) is 13.6. The Bertz CT molecular complexity index is 577. The van der Waals surface area contributed by atoms with E-state index in [0.717, 1.165) is 18.7 Å². The second-order valence-electron chi connectivity index (χ2n) is 5.27. The zero-order valence-electron chi connectivity index (χ0n) is 11.8. The molecule has 1 aromatic carbocycles. The number of thiazole rings is 1. The third-order valence-corrected chi connectivity index (χ3v) is 5.04. The van der Waals surface area contributed by atoms with Crippen molar-refractivity contribution in [2.45, 2.75) is 31.6 Å². The molecule has 2 N–H and O–H groups in total. The maximum Gasteiger partial charge on any atom is 0.118 e. The molecule has 0 spiro atoms. The maximum atomic E-state index is 5.86. The molecule has 1 unspecified atom stereocenters. The Kier molecular flexibility index (Phi) is 4.03. The van der Waals surface area contributed by atoms with Crippen LogP contribution in [0, 0.1) is 0 Å². The molecule has 1 aliphatic rings. The van der Waals surface area contributed by atoms with E-state index >= 15 is 0 Å². The maximum absolute atomic E-state index is 5.86. The minimum absolute atomic E-state index is 0.472. The number of ether oxygens (including phenoxy) is 1. The van der Waals surface area contributed by atoms with Gasteiger partial charge in [0.25, 0.3) is 0 Å². The highest BCUT2D eigenvalue weighted by molar-refractivity contribution is 7.11. The molecule has 1 aliphatic carbocycles.